The van der Waals surface area contributed by atoms with Crippen LogP contribution in [0.2, 0.25) is 0 Å². The first-order chi connectivity index (χ1) is 14.3. The minimum absolute atomic E-state index is 0.0422. The van der Waals surface area contributed by atoms with Crippen molar-refractivity contribution in [3.63, 3.8) is 0 Å². The molecule has 30 heavy (non-hydrogen) atoms. The number of benzene rings is 1. The van der Waals surface area contributed by atoms with Gasteiger partial charge in [-0.15, -0.1) is 0 Å². The maximum absolute atomic E-state index is 13.1. The summed E-state index contributed by atoms with van der Waals surface area (Å²) in [4.78, 5) is 28.0. The Hall–Kier alpha value is -3.42. The molecule has 2 N–H and O–H groups in total. The molecule has 0 saturated heterocycles. The van der Waals surface area contributed by atoms with E-state index in [9.17, 15) is 14.0 Å². The standard InChI is InChI=1S/C22H26FN3O4/c1-22(2,3)30-21(28)26-13-16(12-23)15-29-19-9-7-17(8-10-19)20(27)25-14-18-6-4-5-11-24-18/h4-12H,13-15H2,1-3H3,(H,25,27)(H,26,28). The number of pyridine rings is 1. The second-order valence-electron chi connectivity index (χ2n) is 7.44. The first-order valence-electron chi connectivity index (χ1n) is 9.43. The first-order valence-corrected chi connectivity index (χ1v) is 9.43. The Morgan fingerprint density at radius 3 is 2.43 bits per heavy atom. The summed E-state index contributed by atoms with van der Waals surface area (Å²) in [6.45, 7) is 5.45. The zero-order valence-corrected chi connectivity index (χ0v) is 17.3. The number of aromatic nitrogens is 1. The Morgan fingerprint density at radius 2 is 1.83 bits per heavy atom. The number of nitrogens with one attached hydrogen (secondary N) is 2. The lowest BCUT2D eigenvalue weighted by atomic mass is 10.2. The van der Waals surface area contributed by atoms with E-state index >= 15 is 0 Å². The third-order valence-corrected chi connectivity index (χ3v) is 3.71. The Balaban J connectivity index is 1.79. The highest BCUT2D eigenvalue weighted by atomic mass is 19.1. The lowest BCUT2D eigenvalue weighted by Crippen LogP contribution is -2.34. The molecule has 0 unspecified atom stereocenters. The molecule has 160 valence electrons. The van der Waals surface area contributed by atoms with Crippen LogP contribution in [0.5, 0.6) is 5.75 Å². The molecular weight excluding hydrogens is 389 g/mol. The summed E-state index contributed by atoms with van der Waals surface area (Å²) in [6.07, 6.45) is 1.41. The summed E-state index contributed by atoms with van der Waals surface area (Å²) in [6, 6.07) is 11.9. The van der Waals surface area contributed by atoms with Crippen molar-refractivity contribution < 1.29 is 23.5 Å². The van der Waals surface area contributed by atoms with Crippen LogP contribution in [0.4, 0.5) is 9.18 Å². The molecule has 0 spiro atoms. The second-order valence-corrected chi connectivity index (χ2v) is 7.44. The number of ether oxygens (including phenoxy) is 2. The van der Waals surface area contributed by atoms with Crippen LogP contribution in [0.1, 0.15) is 36.8 Å². The Bertz CT molecular complexity index is 862. The Morgan fingerprint density at radius 1 is 1.10 bits per heavy atom. The average Bonchev–Trinajstić information content (AvgIpc) is 2.72. The number of amides is 2. The number of alkyl carbamates (subject to hydrolysis) is 1. The summed E-state index contributed by atoms with van der Waals surface area (Å²) in [7, 11) is 0. The number of nitrogens with zero attached hydrogens (tertiary/aromatic N) is 1. The predicted octanol–water partition coefficient (Wildman–Crippen LogP) is 3.77. The molecule has 0 bridgehead atoms. The van der Waals surface area contributed by atoms with Crippen molar-refractivity contribution in [2.24, 2.45) is 0 Å². The SMILES string of the molecule is CC(C)(C)OC(=O)NCC(=CF)COc1ccc(C(=O)NCc2ccccn2)cc1. The van der Waals surface area contributed by atoms with E-state index in [0.717, 1.165) is 5.69 Å². The fourth-order valence-electron chi connectivity index (χ4n) is 2.28. The highest BCUT2D eigenvalue weighted by Crippen LogP contribution is 2.14. The third-order valence-electron chi connectivity index (χ3n) is 3.71. The van der Waals surface area contributed by atoms with Crippen LogP contribution in [-0.2, 0) is 11.3 Å². The quantitative estimate of drug-likeness (QED) is 0.685. The van der Waals surface area contributed by atoms with Crippen molar-refractivity contribution in [2.45, 2.75) is 32.9 Å². The molecule has 0 atom stereocenters. The fraction of sp³-hybridized carbons (Fsp3) is 0.318. The van der Waals surface area contributed by atoms with Crippen LogP contribution in [0, 0.1) is 0 Å². The number of rotatable bonds is 8. The van der Waals surface area contributed by atoms with Gasteiger partial charge in [-0.05, 0) is 57.2 Å². The van der Waals surface area contributed by atoms with Gasteiger partial charge in [0.25, 0.3) is 5.91 Å². The fourth-order valence-corrected chi connectivity index (χ4v) is 2.28. The smallest absolute Gasteiger partial charge is 0.407 e. The van der Waals surface area contributed by atoms with Crippen molar-refractivity contribution >= 4 is 12.0 Å². The molecule has 0 aliphatic rings. The van der Waals surface area contributed by atoms with E-state index in [2.05, 4.69) is 15.6 Å². The van der Waals surface area contributed by atoms with Gasteiger partial charge in [0.1, 0.15) is 18.0 Å². The van der Waals surface area contributed by atoms with Crippen LogP contribution >= 0.6 is 0 Å². The van der Waals surface area contributed by atoms with E-state index in [0.29, 0.717) is 24.2 Å². The van der Waals surface area contributed by atoms with E-state index < -0.39 is 11.7 Å². The highest BCUT2D eigenvalue weighted by Gasteiger charge is 2.16. The van der Waals surface area contributed by atoms with Crippen molar-refractivity contribution in [1.82, 2.24) is 15.6 Å². The summed E-state index contributed by atoms with van der Waals surface area (Å²) < 4.78 is 23.7. The summed E-state index contributed by atoms with van der Waals surface area (Å²) in [5.41, 5.74) is 0.826. The van der Waals surface area contributed by atoms with E-state index in [1.54, 1.807) is 57.3 Å². The molecule has 2 aromatic rings. The molecule has 0 saturated carbocycles. The molecule has 2 rings (SSSR count). The monoisotopic (exact) mass is 415 g/mol. The van der Waals surface area contributed by atoms with Gasteiger partial charge in [-0.1, -0.05) is 6.07 Å². The topological polar surface area (TPSA) is 89.5 Å². The van der Waals surface area contributed by atoms with E-state index in [4.69, 9.17) is 9.47 Å². The maximum atomic E-state index is 13.1. The Kier molecular flexibility index (Phi) is 8.34. The van der Waals surface area contributed by atoms with Gasteiger partial charge in [0.2, 0.25) is 0 Å². The van der Waals surface area contributed by atoms with Crippen molar-refractivity contribution in [2.75, 3.05) is 13.2 Å². The predicted molar refractivity (Wildman–Crippen MR) is 111 cm³/mol. The minimum atomic E-state index is -0.636. The number of hydrogen-bond acceptors (Lipinski definition) is 5. The first kappa shape index (κ1) is 22.9. The highest BCUT2D eigenvalue weighted by molar-refractivity contribution is 5.94. The lowest BCUT2D eigenvalue weighted by Gasteiger charge is -2.20. The van der Waals surface area contributed by atoms with Gasteiger partial charge in [-0.3, -0.25) is 9.78 Å². The van der Waals surface area contributed by atoms with E-state index in [1.165, 1.54) is 0 Å². The summed E-state index contributed by atoms with van der Waals surface area (Å²) in [5, 5.41) is 5.25. The summed E-state index contributed by atoms with van der Waals surface area (Å²) >= 11 is 0. The van der Waals surface area contributed by atoms with Crippen molar-refractivity contribution in [3.8, 4) is 5.75 Å². The largest absolute Gasteiger partial charge is 0.489 e. The van der Waals surface area contributed by atoms with Crippen LogP contribution in [0.15, 0.2) is 60.6 Å². The molecule has 7 nitrogen and oxygen atoms in total. The molecule has 8 heteroatoms. The average molecular weight is 415 g/mol. The molecule has 2 amide bonds. The van der Waals surface area contributed by atoms with Crippen LogP contribution in [-0.4, -0.2) is 35.7 Å². The van der Waals surface area contributed by atoms with E-state index in [-0.39, 0.29) is 24.6 Å². The second kappa shape index (κ2) is 10.9. The van der Waals surface area contributed by atoms with Gasteiger partial charge < -0.3 is 20.1 Å². The van der Waals surface area contributed by atoms with Crippen LogP contribution < -0.4 is 15.4 Å². The Labute approximate surface area is 175 Å². The molecule has 0 radical (unpaired) electrons. The van der Waals surface area contributed by atoms with Gasteiger partial charge in [0.05, 0.1) is 18.6 Å². The molecule has 0 fully saturated rings. The maximum Gasteiger partial charge on any atom is 0.407 e. The number of carbonyl (C=O) groups excluding carboxylic acids is 2. The number of carbonyl (C=O) groups is 2. The van der Waals surface area contributed by atoms with Gasteiger partial charge in [0.15, 0.2) is 0 Å². The lowest BCUT2D eigenvalue weighted by molar-refractivity contribution is 0.0531. The number of halogens is 1. The molecule has 1 heterocycles. The zero-order chi connectivity index (χ0) is 22.0. The molecule has 0 aliphatic heterocycles. The van der Waals surface area contributed by atoms with Crippen molar-refractivity contribution in [3.05, 3.63) is 71.8 Å². The van der Waals surface area contributed by atoms with Gasteiger partial charge in [-0.25, -0.2) is 9.18 Å². The van der Waals surface area contributed by atoms with Crippen LogP contribution in [0.3, 0.4) is 0 Å². The zero-order valence-electron chi connectivity index (χ0n) is 17.3. The molecule has 1 aromatic carbocycles. The number of hydrogen-bond donors (Lipinski definition) is 2. The normalized spacial score (nSPS) is 11.5. The van der Waals surface area contributed by atoms with Gasteiger partial charge >= 0.3 is 6.09 Å². The van der Waals surface area contributed by atoms with E-state index in [1.807, 2.05) is 12.1 Å². The molecule has 0 aliphatic carbocycles. The molecular formula is C22H26FN3O4. The van der Waals surface area contributed by atoms with Gasteiger partial charge in [-0.2, -0.15) is 0 Å². The third kappa shape index (κ3) is 8.30. The van der Waals surface area contributed by atoms with Crippen LogP contribution in [0.25, 0.3) is 0 Å². The molecule has 1 aromatic heterocycles. The summed E-state index contributed by atoms with van der Waals surface area (Å²) in [5.74, 6) is 0.228. The minimum Gasteiger partial charge on any atom is -0.489 e. The van der Waals surface area contributed by atoms with Gasteiger partial charge in [0, 0.05) is 23.9 Å². The van der Waals surface area contributed by atoms with Crippen molar-refractivity contribution in [1.29, 1.82) is 0 Å².